The van der Waals surface area contributed by atoms with E-state index in [4.69, 9.17) is 15.2 Å². The fraction of sp³-hybridized carbons (Fsp3) is 0.115. The number of hydrogen-bond donors (Lipinski definition) is 3. The van der Waals surface area contributed by atoms with Crippen LogP contribution in [0.1, 0.15) is 15.9 Å². The van der Waals surface area contributed by atoms with Gasteiger partial charge in [0.25, 0.3) is 5.91 Å². The Labute approximate surface area is 197 Å². The molecule has 4 rings (SSSR count). The monoisotopic (exact) mass is 459 g/mol. The van der Waals surface area contributed by atoms with Crippen LogP contribution in [0, 0.1) is 0 Å². The highest BCUT2D eigenvalue weighted by atomic mass is 32.1. The predicted molar refractivity (Wildman–Crippen MR) is 135 cm³/mol. The van der Waals surface area contributed by atoms with Gasteiger partial charge in [-0.25, -0.2) is 0 Å². The number of carbonyl (C=O) groups excluding carboxylic acids is 1. The summed E-state index contributed by atoms with van der Waals surface area (Å²) in [6.45, 7) is 0.606. The minimum Gasteiger partial charge on any atom is -0.493 e. The first kappa shape index (κ1) is 22.2. The Bertz CT molecular complexity index is 1240. The van der Waals surface area contributed by atoms with E-state index in [2.05, 4.69) is 10.6 Å². The number of carbonyl (C=O) groups is 1. The predicted octanol–water partition coefficient (Wildman–Crippen LogP) is 5.88. The molecule has 0 unspecified atom stereocenters. The van der Waals surface area contributed by atoms with Crippen molar-refractivity contribution in [3.05, 3.63) is 89.3 Å². The molecule has 0 radical (unpaired) electrons. The molecule has 0 saturated carbocycles. The topological polar surface area (TPSA) is 85.6 Å². The standard InChI is InChI=1S/C26H25N3O3S/c1-31-22-13-12-20(14-23(22)32-2)28-15-17-8-10-19(11-9-17)26(30)29-21-16-33-25(24(21)27)18-6-4-3-5-7-18/h3-14,16,28H,15,27H2,1-2H3,(H,29,30). The van der Waals surface area contributed by atoms with Gasteiger partial charge in [0.1, 0.15) is 0 Å². The summed E-state index contributed by atoms with van der Waals surface area (Å²) in [6.07, 6.45) is 0. The van der Waals surface area contributed by atoms with Crippen molar-refractivity contribution in [2.24, 2.45) is 0 Å². The summed E-state index contributed by atoms with van der Waals surface area (Å²) in [5.41, 5.74) is 11.1. The highest BCUT2D eigenvalue weighted by molar-refractivity contribution is 7.15. The summed E-state index contributed by atoms with van der Waals surface area (Å²) in [7, 11) is 3.22. The molecule has 0 fully saturated rings. The van der Waals surface area contributed by atoms with Gasteiger partial charge in [-0.15, -0.1) is 11.3 Å². The van der Waals surface area contributed by atoms with Gasteiger partial charge in [-0.3, -0.25) is 4.79 Å². The molecule has 1 amide bonds. The maximum atomic E-state index is 12.7. The molecule has 0 bridgehead atoms. The lowest BCUT2D eigenvalue weighted by atomic mass is 10.1. The third-order valence-corrected chi connectivity index (χ3v) is 6.25. The van der Waals surface area contributed by atoms with E-state index in [9.17, 15) is 4.79 Å². The normalized spacial score (nSPS) is 10.5. The van der Waals surface area contributed by atoms with Crippen LogP contribution in [0.15, 0.2) is 78.2 Å². The summed E-state index contributed by atoms with van der Waals surface area (Å²) in [5.74, 6) is 1.15. The zero-order valence-corrected chi connectivity index (χ0v) is 19.2. The number of amides is 1. The van der Waals surface area contributed by atoms with Crippen molar-refractivity contribution in [2.45, 2.75) is 6.54 Å². The lowest BCUT2D eigenvalue weighted by Crippen LogP contribution is -2.12. The van der Waals surface area contributed by atoms with Gasteiger partial charge in [0.15, 0.2) is 11.5 Å². The van der Waals surface area contributed by atoms with E-state index < -0.39 is 0 Å². The molecule has 4 aromatic rings. The highest BCUT2D eigenvalue weighted by Gasteiger charge is 2.14. The van der Waals surface area contributed by atoms with E-state index >= 15 is 0 Å². The van der Waals surface area contributed by atoms with Crippen molar-refractivity contribution in [3.8, 4) is 21.9 Å². The second-order valence-corrected chi connectivity index (χ2v) is 8.21. The maximum absolute atomic E-state index is 12.7. The second-order valence-electron chi connectivity index (χ2n) is 7.33. The molecule has 0 aliphatic carbocycles. The molecular weight excluding hydrogens is 434 g/mol. The lowest BCUT2D eigenvalue weighted by molar-refractivity contribution is 0.102. The molecule has 33 heavy (non-hydrogen) atoms. The van der Waals surface area contributed by atoms with Crippen LogP contribution in [0.4, 0.5) is 17.1 Å². The number of nitrogen functional groups attached to an aromatic ring is 1. The minimum absolute atomic E-state index is 0.196. The minimum atomic E-state index is -0.196. The number of thiophene rings is 1. The van der Waals surface area contributed by atoms with Crippen LogP contribution < -0.4 is 25.8 Å². The van der Waals surface area contributed by atoms with Gasteiger partial charge in [0.2, 0.25) is 0 Å². The quantitative estimate of drug-likeness (QED) is 0.306. The molecule has 168 valence electrons. The van der Waals surface area contributed by atoms with Gasteiger partial charge in [0, 0.05) is 29.2 Å². The third-order valence-electron chi connectivity index (χ3n) is 5.21. The number of benzene rings is 3. The van der Waals surface area contributed by atoms with Crippen LogP contribution in [-0.2, 0) is 6.54 Å². The number of nitrogens with two attached hydrogens (primary N) is 1. The molecule has 0 aliphatic rings. The zero-order chi connectivity index (χ0) is 23.2. The van der Waals surface area contributed by atoms with E-state index in [1.54, 1.807) is 14.2 Å². The van der Waals surface area contributed by atoms with Crippen LogP contribution >= 0.6 is 11.3 Å². The van der Waals surface area contributed by atoms with Crippen LogP contribution in [0.5, 0.6) is 11.5 Å². The molecule has 7 heteroatoms. The van der Waals surface area contributed by atoms with Crippen molar-refractivity contribution in [3.63, 3.8) is 0 Å². The number of nitrogens with one attached hydrogen (secondary N) is 2. The first-order chi connectivity index (χ1) is 16.1. The second kappa shape index (κ2) is 10.1. The largest absolute Gasteiger partial charge is 0.493 e. The van der Waals surface area contributed by atoms with E-state index in [1.807, 2.05) is 78.2 Å². The van der Waals surface area contributed by atoms with Crippen molar-refractivity contribution < 1.29 is 14.3 Å². The Hall–Kier alpha value is -3.97. The molecule has 0 spiro atoms. The van der Waals surface area contributed by atoms with Crippen molar-refractivity contribution in [1.82, 2.24) is 0 Å². The average molecular weight is 460 g/mol. The molecule has 0 aliphatic heterocycles. The summed E-state index contributed by atoms with van der Waals surface area (Å²) >= 11 is 1.51. The summed E-state index contributed by atoms with van der Waals surface area (Å²) < 4.78 is 10.6. The number of ether oxygens (including phenoxy) is 2. The van der Waals surface area contributed by atoms with Crippen LogP contribution in [-0.4, -0.2) is 20.1 Å². The molecule has 0 atom stereocenters. The Balaban J connectivity index is 1.38. The van der Waals surface area contributed by atoms with Gasteiger partial charge in [-0.2, -0.15) is 0 Å². The van der Waals surface area contributed by atoms with Crippen molar-refractivity contribution in [2.75, 3.05) is 30.6 Å². The van der Waals surface area contributed by atoms with Crippen molar-refractivity contribution in [1.29, 1.82) is 0 Å². The zero-order valence-electron chi connectivity index (χ0n) is 18.4. The van der Waals surface area contributed by atoms with Crippen LogP contribution in [0.2, 0.25) is 0 Å². The van der Waals surface area contributed by atoms with Gasteiger partial charge < -0.3 is 25.8 Å². The van der Waals surface area contributed by atoms with Crippen LogP contribution in [0.3, 0.4) is 0 Å². The fourth-order valence-electron chi connectivity index (χ4n) is 3.40. The summed E-state index contributed by atoms with van der Waals surface area (Å²) in [5, 5.41) is 8.14. The van der Waals surface area contributed by atoms with E-state index in [0.717, 1.165) is 21.7 Å². The van der Waals surface area contributed by atoms with Gasteiger partial charge in [0.05, 0.1) is 30.5 Å². The molecule has 1 aromatic heterocycles. The highest BCUT2D eigenvalue weighted by Crippen LogP contribution is 2.38. The number of methoxy groups -OCH3 is 2. The molecule has 1 heterocycles. The fourth-order valence-corrected chi connectivity index (χ4v) is 4.33. The Morgan fingerprint density at radius 1 is 0.939 bits per heavy atom. The maximum Gasteiger partial charge on any atom is 0.255 e. The molecule has 3 aromatic carbocycles. The van der Waals surface area contributed by atoms with Crippen LogP contribution in [0.25, 0.3) is 10.4 Å². The van der Waals surface area contributed by atoms with Gasteiger partial charge >= 0.3 is 0 Å². The molecule has 6 nitrogen and oxygen atoms in total. The number of anilines is 3. The van der Waals surface area contributed by atoms with Crippen molar-refractivity contribution >= 4 is 34.3 Å². The number of hydrogen-bond acceptors (Lipinski definition) is 6. The lowest BCUT2D eigenvalue weighted by Gasteiger charge is -2.11. The Morgan fingerprint density at radius 3 is 2.36 bits per heavy atom. The molecular formula is C26H25N3O3S. The Morgan fingerprint density at radius 2 is 1.67 bits per heavy atom. The van der Waals surface area contributed by atoms with Gasteiger partial charge in [-0.05, 0) is 35.4 Å². The first-order valence-corrected chi connectivity index (χ1v) is 11.3. The number of rotatable bonds is 8. The summed E-state index contributed by atoms with van der Waals surface area (Å²) in [6, 6.07) is 23.0. The van der Waals surface area contributed by atoms with Gasteiger partial charge in [-0.1, -0.05) is 42.5 Å². The van der Waals surface area contributed by atoms with E-state index in [1.165, 1.54) is 11.3 Å². The molecule has 0 saturated heterocycles. The first-order valence-electron chi connectivity index (χ1n) is 10.4. The third kappa shape index (κ3) is 5.10. The summed E-state index contributed by atoms with van der Waals surface area (Å²) in [4.78, 5) is 13.7. The van der Waals surface area contributed by atoms with E-state index in [-0.39, 0.29) is 5.91 Å². The SMILES string of the molecule is COc1ccc(NCc2ccc(C(=O)Nc3csc(-c4ccccc4)c3N)cc2)cc1OC. The molecule has 4 N–H and O–H groups in total. The Kier molecular flexibility index (Phi) is 6.80. The van der Waals surface area contributed by atoms with E-state index in [0.29, 0.717) is 35.0 Å². The average Bonchev–Trinajstić information content (AvgIpc) is 3.23. The smallest absolute Gasteiger partial charge is 0.255 e.